The fourth-order valence-corrected chi connectivity index (χ4v) is 4.85. The first-order valence-electron chi connectivity index (χ1n) is 10.9. The van der Waals surface area contributed by atoms with Gasteiger partial charge in [-0.15, -0.1) is 0 Å². The number of pyridine rings is 1. The average Bonchev–Trinajstić information content (AvgIpc) is 2.76. The number of alkyl halides is 3. The Morgan fingerprint density at radius 2 is 1.97 bits per heavy atom. The van der Waals surface area contributed by atoms with Crippen LogP contribution in [0, 0.1) is 11.8 Å². The second-order valence-electron chi connectivity index (χ2n) is 8.67. The number of hydrogen-bond donors (Lipinski definition) is 0. The molecule has 1 aromatic carbocycles. The van der Waals surface area contributed by atoms with Crippen LogP contribution < -0.4 is 4.90 Å². The van der Waals surface area contributed by atoms with E-state index in [1.807, 2.05) is 4.90 Å². The first-order valence-corrected chi connectivity index (χ1v) is 10.9. The molecular weight excluding hydrogens is 407 g/mol. The van der Waals surface area contributed by atoms with Crippen molar-refractivity contribution in [1.29, 1.82) is 0 Å². The maximum atomic E-state index is 13.4. The highest BCUT2D eigenvalue weighted by Gasteiger charge is 2.35. The van der Waals surface area contributed by atoms with Gasteiger partial charge in [-0.3, -0.25) is 9.78 Å². The number of aromatic nitrogens is 1. The molecule has 0 spiro atoms. The van der Waals surface area contributed by atoms with Gasteiger partial charge in [-0.25, -0.2) is 0 Å². The van der Waals surface area contributed by atoms with Crippen LogP contribution in [0.5, 0.6) is 0 Å². The SMILES string of the molecule is C[C@H]1C[C@@H](CCC(=O)N2CCOCC2)CN(c2ccc(C(F)(F)F)c3ncccc23)C1. The number of hydrogen-bond acceptors (Lipinski definition) is 4. The number of benzene rings is 1. The van der Waals surface area contributed by atoms with Gasteiger partial charge in [0.15, 0.2) is 0 Å². The molecule has 2 aliphatic heterocycles. The van der Waals surface area contributed by atoms with Crippen LogP contribution in [0.25, 0.3) is 10.9 Å². The van der Waals surface area contributed by atoms with Crippen LogP contribution in [0.15, 0.2) is 30.5 Å². The Labute approximate surface area is 180 Å². The molecule has 2 atom stereocenters. The Hall–Kier alpha value is -2.35. The normalized spacial score (nSPS) is 22.7. The Morgan fingerprint density at radius 1 is 1.19 bits per heavy atom. The second kappa shape index (κ2) is 9.02. The highest BCUT2D eigenvalue weighted by Crippen LogP contribution is 2.39. The van der Waals surface area contributed by atoms with Crippen molar-refractivity contribution >= 4 is 22.5 Å². The van der Waals surface area contributed by atoms with Gasteiger partial charge in [0.2, 0.25) is 5.91 Å². The van der Waals surface area contributed by atoms with Crippen molar-refractivity contribution in [3.05, 3.63) is 36.0 Å². The van der Waals surface area contributed by atoms with Gasteiger partial charge in [0.05, 0.1) is 24.3 Å². The summed E-state index contributed by atoms with van der Waals surface area (Å²) in [5.41, 5.74) is 0.0708. The molecule has 0 radical (unpaired) electrons. The number of piperidine rings is 1. The molecule has 0 N–H and O–H groups in total. The van der Waals surface area contributed by atoms with E-state index in [9.17, 15) is 18.0 Å². The lowest BCUT2D eigenvalue weighted by Crippen LogP contribution is -2.42. The standard InChI is InChI=1S/C23H28F3N3O2/c1-16-13-17(4-7-21(30)28-9-11-31-12-10-28)15-29(14-16)20-6-5-19(23(24,25)26)22-18(20)3-2-8-27-22/h2-3,5-6,8,16-17H,4,7,9-15H2,1H3/t16-,17+/m0/s1. The van der Waals surface area contributed by atoms with E-state index in [-0.39, 0.29) is 11.4 Å². The van der Waals surface area contributed by atoms with Gasteiger partial charge in [-0.05, 0) is 48.9 Å². The summed E-state index contributed by atoms with van der Waals surface area (Å²) in [6.45, 7) is 6.16. The van der Waals surface area contributed by atoms with Gasteiger partial charge in [0, 0.05) is 49.9 Å². The highest BCUT2D eigenvalue weighted by atomic mass is 19.4. The number of carbonyl (C=O) groups excluding carboxylic acids is 1. The van der Waals surface area contributed by atoms with Crippen molar-refractivity contribution in [3.8, 4) is 0 Å². The second-order valence-corrected chi connectivity index (χ2v) is 8.67. The number of anilines is 1. The monoisotopic (exact) mass is 435 g/mol. The van der Waals surface area contributed by atoms with Crippen LogP contribution in [0.1, 0.15) is 31.7 Å². The summed E-state index contributed by atoms with van der Waals surface area (Å²) in [5, 5.41) is 0.523. The van der Waals surface area contributed by atoms with E-state index in [2.05, 4.69) is 16.8 Å². The minimum atomic E-state index is -4.44. The Bertz CT molecular complexity index is 928. The Balaban J connectivity index is 1.51. The van der Waals surface area contributed by atoms with E-state index in [4.69, 9.17) is 4.74 Å². The topological polar surface area (TPSA) is 45.7 Å². The molecule has 168 valence electrons. The zero-order chi connectivity index (χ0) is 22.0. The first-order chi connectivity index (χ1) is 14.8. The van der Waals surface area contributed by atoms with Crippen molar-refractivity contribution in [3.63, 3.8) is 0 Å². The van der Waals surface area contributed by atoms with Gasteiger partial charge in [0.25, 0.3) is 0 Å². The van der Waals surface area contributed by atoms with Gasteiger partial charge in [-0.2, -0.15) is 13.2 Å². The fourth-order valence-electron chi connectivity index (χ4n) is 4.85. The van der Waals surface area contributed by atoms with E-state index >= 15 is 0 Å². The number of morpholine rings is 1. The fraction of sp³-hybridized carbons (Fsp3) is 0.565. The maximum absolute atomic E-state index is 13.4. The number of carbonyl (C=O) groups is 1. The van der Waals surface area contributed by atoms with Crippen molar-refractivity contribution in [2.24, 2.45) is 11.8 Å². The van der Waals surface area contributed by atoms with E-state index < -0.39 is 11.7 Å². The molecule has 2 aliphatic rings. The van der Waals surface area contributed by atoms with E-state index in [1.165, 1.54) is 6.20 Å². The number of ether oxygens (including phenoxy) is 1. The molecule has 1 amide bonds. The molecule has 31 heavy (non-hydrogen) atoms. The molecule has 0 bridgehead atoms. The summed E-state index contributed by atoms with van der Waals surface area (Å²) < 4.78 is 45.7. The van der Waals surface area contributed by atoms with Gasteiger partial charge < -0.3 is 14.5 Å². The number of nitrogens with zero attached hydrogens (tertiary/aromatic N) is 3. The molecule has 8 heteroatoms. The Kier molecular flexibility index (Phi) is 6.36. The molecule has 2 aromatic rings. The van der Waals surface area contributed by atoms with E-state index in [1.54, 1.807) is 18.2 Å². The van der Waals surface area contributed by atoms with Crippen LogP contribution in [-0.2, 0) is 15.7 Å². The molecule has 0 unspecified atom stereocenters. The number of fused-ring (bicyclic) bond motifs is 1. The van der Waals surface area contributed by atoms with Crippen molar-refractivity contribution in [2.45, 2.75) is 32.4 Å². The van der Waals surface area contributed by atoms with Gasteiger partial charge >= 0.3 is 6.18 Å². The third-order valence-electron chi connectivity index (χ3n) is 6.27. The summed E-state index contributed by atoms with van der Waals surface area (Å²) in [7, 11) is 0. The molecule has 2 fully saturated rings. The minimum absolute atomic E-state index is 0.00947. The third-order valence-corrected chi connectivity index (χ3v) is 6.27. The predicted octanol–water partition coefficient (Wildman–Crippen LogP) is 4.36. The lowest BCUT2D eigenvalue weighted by Gasteiger charge is -2.39. The predicted molar refractivity (Wildman–Crippen MR) is 113 cm³/mol. The lowest BCUT2D eigenvalue weighted by atomic mass is 9.86. The van der Waals surface area contributed by atoms with Crippen LogP contribution >= 0.6 is 0 Å². The zero-order valence-electron chi connectivity index (χ0n) is 17.7. The van der Waals surface area contributed by atoms with Crippen molar-refractivity contribution < 1.29 is 22.7 Å². The summed E-state index contributed by atoms with van der Waals surface area (Å²) in [5.74, 6) is 0.881. The summed E-state index contributed by atoms with van der Waals surface area (Å²) in [6.07, 6.45) is -0.735. The molecule has 0 saturated carbocycles. The summed E-state index contributed by atoms with van der Waals surface area (Å²) in [4.78, 5) is 20.6. The van der Waals surface area contributed by atoms with Crippen LogP contribution in [0.4, 0.5) is 18.9 Å². The molecular formula is C23H28F3N3O2. The van der Waals surface area contributed by atoms with Gasteiger partial charge in [0.1, 0.15) is 0 Å². The van der Waals surface area contributed by atoms with Gasteiger partial charge in [-0.1, -0.05) is 6.92 Å². The number of halogens is 3. The van der Waals surface area contributed by atoms with Crippen molar-refractivity contribution in [1.82, 2.24) is 9.88 Å². The van der Waals surface area contributed by atoms with Crippen LogP contribution in [-0.4, -0.2) is 55.2 Å². The molecule has 2 saturated heterocycles. The van der Waals surface area contributed by atoms with Crippen LogP contribution in [0.3, 0.4) is 0 Å². The van der Waals surface area contributed by atoms with Crippen molar-refractivity contribution in [2.75, 3.05) is 44.3 Å². The smallest absolute Gasteiger partial charge is 0.378 e. The van der Waals surface area contributed by atoms with E-state index in [0.717, 1.165) is 37.7 Å². The van der Waals surface area contributed by atoms with E-state index in [0.29, 0.717) is 49.9 Å². The average molecular weight is 435 g/mol. The quantitative estimate of drug-likeness (QED) is 0.716. The van der Waals surface area contributed by atoms with Crippen LogP contribution in [0.2, 0.25) is 0 Å². The number of rotatable bonds is 4. The molecule has 0 aliphatic carbocycles. The molecule has 5 nitrogen and oxygen atoms in total. The summed E-state index contributed by atoms with van der Waals surface area (Å²) in [6, 6.07) is 6.10. The molecule has 3 heterocycles. The number of amides is 1. The first kappa shape index (κ1) is 21.9. The minimum Gasteiger partial charge on any atom is -0.378 e. The maximum Gasteiger partial charge on any atom is 0.418 e. The molecule has 4 rings (SSSR count). The lowest BCUT2D eigenvalue weighted by molar-refractivity contribution is -0.136. The third kappa shape index (κ3) is 4.95. The Morgan fingerprint density at radius 3 is 2.71 bits per heavy atom. The largest absolute Gasteiger partial charge is 0.418 e. The molecule has 1 aromatic heterocycles. The highest BCUT2D eigenvalue weighted by molar-refractivity contribution is 5.94. The summed E-state index contributed by atoms with van der Waals surface area (Å²) >= 11 is 0. The zero-order valence-corrected chi connectivity index (χ0v) is 17.7.